The van der Waals surface area contributed by atoms with E-state index in [2.05, 4.69) is 15.3 Å². The zero-order valence-electron chi connectivity index (χ0n) is 10.4. The summed E-state index contributed by atoms with van der Waals surface area (Å²) in [6.45, 7) is 0.458. The SMILES string of the molecule is [N-]=[N+]=NCCC=Cc1ccc(NC(=O)CCCl)cc1. The van der Waals surface area contributed by atoms with Crippen LogP contribution in [0.3, 0.4) is 0 Å². The summed E-state index contributed by atoms with van der Waals surface area (Å²) in [4.78, 5) is 14.0. The van der Waals surface area contributed by atoms with E-state index in [0.717, 1.165) is 11.3 Å². The maximum absolute atomic E-state index is 11.3. The molecule has 0 heterocycles. The fourth-order valence-electron chi connectivity index (χ4n) is 1.38. The minimum absolute atomic E-state index is 0.0901. The number of anilines is 1. The first-order valence-corrected chi connectivity index (χ1v) is 6.43. The molecule has 0 saturated carbocycles. The Morgan fingerprint density at radius 2 is 2.16 bits per heavy atom. The molecule has 100 valence electrons. The van der Waals surface area contributed by atoms with Gasteiger partial charge in [0.2, 0.25) is 5.91 Å². The Labute approximate surface area is 116 Å². The Kier molecular flexibility index (Phi) is 7.17. The summed E-state index contributed by atoms with van der Waals surface area (Å²) in [6.07, 6.45) is 4.90. The number of carbonyl (C=O) groups excluding carboxylic acids is 1. The van der Waals surface area contributed by atoms with Crippen molar-refractivity contribution in [3.8, 4) is 0 Å². The second kappa shape index (κ2) is 9.03. The number of hydrogen-bond acceptors (Lipinski definition) is 2. The number of nitrogens with zero attached hydrogens (tertiary/aromatic N) is 3. The van der Waals surface area contributed by atoms with Crippen LogP contribution in [0.15, 0.2) is 35.5 Å². The van der Waals surface area contributed by atoms with Gasteiger partial charge in [0, 0.05) is 29.4 Å². The number of benzene rings is 1. The van der Waals surface area contributed by atoms with Gasteiger partial charge < -0.3 is 5.32 Å². The number of halogens is 1. The van der Waals surface area contributed by atoms with Crippen LogP contribution in [0.2, 0.25) is 0 Å². The number of alkyl halides is 1. The average molecular weight is 279 g/mol. The van der Waals surface area contributed by atoms with E-state index in [9.17, 15) is 4.79 Å². The second-order valence-corrected chi connectivity index (χ2v) is 4.13. The van der Waals surface area contributed by atoms with Crippen LogP contribution in [-0.4, -0.2) is 18.3 Å². The van der Waals surface area contributed by atoms with E-state index in [-0.39, 0.29) is 5.91 Å². The molecule has 19 heavy (non-hydrogen) atoms. The molecule has 0 fully saturated rings. The molecule has 1 N–H and O–H groups in total. The fraction of sp³-hybridized carbons (Fsp3) is 0.308. The van der Waals surface area contributed by atoms with E-state index < -0.39 is 0 Å². The predicted molar refractivity (Wildman–Crippen MR) is 78.1 cm³/mol. The number of carbonyl (C=O) groups is 1. The third-order valence-electron chi connectivity index (χ3n) is 2.29. The second-order valence-electron chi connectivity index (χ2n) is 3.75. The van der Waals surface area contributed by atoms with Crippen LogP contribution in [0.25, 0.3) is 16.5 Å². The van der Waals surface area contributed by atoms with Gasteiger partial charge in [-0.1, -0.05) is 29.4 Å². The van der Waals surface area contributed by atoms with Crippen LogP contribution in [-0.2, 0) is 4.79 Å². The van der Waals surface area contributed by atoms with Gasteiger partial charge in [0.1, 0.15) is 0 Å². The van der Waals surface area contributed by atoms with Crippen LogP contribution >= 0.6 is 11.6 Å². The predicted octanol–water partition coefficient (Wildman–Crippen LogP) is 3.97. The number of amides is 1. The zero-order valence-corrected chi connectivity index (χ0v) is 11.2. The van der Waals surface area contributed by atoms with Crippen LogP contribution in [0, 0.1) is 0 Å². The fourth-order valence-corrected chi connectivity index (χ4v) is 1.55. The highest BCUT2D eigenvalue weighted by molar-refractivity contribution is 6.19. The number of rotatable bonds is 7. The summed E-state index contributed by atoms with van der Waals surface area (Å²) in [5, 5.41) is 6.19. The molecule has 5 nitrogen and oxygen atoms in total. The molecule has 1 aromatic carbocycles. The Bertz CT molecular complexity index is 478. The molecule has 0 atom stereocenters. The molecule has 0 bridgehead atoms. The minimum Gasteiger partial charge on any atom is -0.326 e. The first kappa shape index (κ1) is 15.1. The molecule has 1 amide bonds. The van der Waals surface area contributed by atoms with Gasteiger partial charge >= 0.3 is 0 Å². The number of azide groups is 1. The van der Waals surface area contributed by atoms with Crippen LogP contribution in [0.4, 0.5) is 5.69 Å². The van der Waals surface area contributed by atoms with Crippen molar-refractivity contribution in [1.29, 1.82) is 0 Å². The highest BCUT2D eigenvalue weighted by atomic mass is 35.5. The Balaban J connectivity index is 2.47. The first-order valence-electron chi connectivity index (χ1n) is 5.89. The van der Waals surface area contributed by atoms with E-state index in [4.69, 9.17) is 17.1 Å². The molecule has 0 spiro atoms. The lowest BCUT2D eigenvalue weighted by Gasteiger charge is -2.03. The van der Waals surface area contributed by atoms with Crippen molar-refractivity contribution in [3.05, 3.63) is 46.3 Å². The summed E-state index contributed by atoms with van der Waals surface area (Å²) in [6, 6.07) is 7.47. The van der Waals surface area contributed by atoms with Gasteiger partial charge in [-0.05, 0) is 29.6 Å². The van der Waals surface area contributed by atoms with E-state index in [1.54, 1.807) is 0 Å². The van der Waals surface area contributed by atoms with E-state index >= 15 is 0 Å². The largest absolute Gasteiger partial charge is 0.326 e. The molecule has 0 aliphatic heterocycles. The van der Waals surface area contributed by atoms with Gasteiger partial charge in [-0.15, -0.1) is 11.6 Å². The van der Waals surface area contributed by atoms with Gasteiger partial charge in [0.25, 0.3) is 0 Å². The molecule has 1 rings (SSSR count). The highest BCUT2D eigenvalue weighted by Gasteiger charge is 2.00. The average Bonchev–Trinajstić information content (AvgIpc) is 2.41. The van der Waals surface area contributed by atoms with Gasteiger partial charge in [0.15, 0.2) is 0 Å². The Morgan fingerprint density at radius 1 is 1.42 bits per heavy atom. The monoisotopic (exact) mass is 278 g/mol. The van der Waals surface area contributed by atoms with E-state index in [1.807, 2.05) is 36.4 Å². The summed E-state index contributed by atoms with van der Waals surface area (Å²) in [5.41, 5.74) is 9.89. The molecule has 0 unspecified atom stereocenters. The minimum atomic E-state index is -0.0901. The third-order valence-corrected chi connectivity index (χ3v) is 2.47. The van der Waals surface area contributed by atoms with Crippen LogP contribution in [0.1, 0.15) is 18.4 Å². The maximum atomic E-state index is 11.3. The topological polar surface area (TPSA) is 77.9 Å². The summed E-state index contributed by atoms with van der Waals surface area (Å²) >= 11 is 5.48. The zero-order chi connectivity index (χ0) is 13.9. The van der Waals surface area contributed by atoms with Gasteiger partial charge in [-0.2, -0.15) is 0 Å². The highest BCUT2D eigenvalue weighted by Crippen LogP contribution is 2.11. The lowest BCUT2D eigenvalue weighted by Crippen LogP contribution is -2.11. The van der Waals surface area contributed by atoms with Crippen molar-refractivity contribution in [3.63, 3.8) is 0 Å². The summed E-state index contributed by atoms with van der Waals surface area (Å²) in [7, 11) is 0. The molecule has 0 aromatic heterocycles. The maximum Gasteiger partial charge on any atom is 0.225 e. The van der Waals surface area contributed by atoms with Gasteiger partial charge in [-0.25, -0.2) is 0 Å². The van der Waals surface area contributed by atoms with E-state index in [0.29, 0.717) is 25.3 Å². The van der Waals surface area contributed by atoms with E-state index in [1.165, 1.54) is 0 Å². The quantitative estimate of drug-likeness (QED) is 0.265. The molecule has 1 aromatic rings. The molecule has 0 aliphatic carbocycles. The molecule has 0 aliphatic rings. The molecule has 0 saturated heterocycles. The Hall–Kier alpha value is -1.97. The molecule has 6 heteroatoms. The normalized spacial score (nSPS) is 10.2. The van der Waals surface area contributed by atoms with Crippen molar-refractivity contribution in [2.24, 2.45) is 5.11 Å². The Morgan fingerprint density at radius 3 is 2.79 bits per heavy atom. The third kappa shape index (κ3) is 6.50. The number of hydrogen-bond donors (Lipinski definition) is 1. The van der Waals surface area contributed by atoms with Crippen molar-refractivity contribution in [2.75, 3.05) is 17.7 Å². The van der Waals surface area contributed by atoms with Crippen LogP contribution in [0.5, 0.6) is 0 Å². The van der Waals surface area contributed by atoms with Crippen molar-refractivity contribution in [1.82, 2.24) is 0 Å². The summed E-state index contributed by atoms with van der Waals surface area (Å²) < 4.78 is 0. The standard InChI is InChI=1S/C13H15ClN4O/c14-9-8-13(19)17-12-6-4-11(5-7-12)3-1-2-10-16-18-15/h1,3-7H,2,8-10H2,(H,17,19). The lowest BCUT2D eigenvalue weighted by atomic mass is 10.2. The summed E-state index contributed by atoms with van der Waals surface area (Å²) in [5.74, 6) is 0.227. The van der Waals surface area contributed by atoms with Crippen molar-refractivity contribution < 1.29 is 4.79 Å². The molecular weight excluding hydrogens is 264 g/mol. The van der Waals surface area contributed by atoms with Crippen LogP contribution < -0.4 is 5.32 Å². The lowest BCUT2D eigenvalue weighted by molar-refractivity contribution is -0.115. The van der Waals surface area contributed by atoms with Gasteiger partial charge in [-0.3, -0.25) is 4.79 Å². The molecule has 0 radical (unpaired) electrons. The molecular formula is C13H15ClN4O. The van der Waals surface area contributed by atoms with Crippen molar-refractivity contribution in [2.45, 2.75) is 12.8 Å². The van der Waals surface area contributed by atoms with Gasteiger partial charge in [0.05, 0.1) is 0 Å². The van der Waals surface area contributed by atoms with Crippen molar-refractivity contribution >= 4 is 29.3 Å². The smallest absolute Gasteiger partial charge is 0.225 e. The number of nitrogens with one attached hydrogen (secondary N) is 1. The first-order chi connectivity index (χ1) is 9.26.